The third-order valence-corrected chi connectivity index (χ3v) is 5.21. The lowest BCUT2D eigenvalue weighted by Gasteiger charge is -2.29. The minimum Gasteiger partial charge on any atom is -0.489 e. The number of hydrogen-bond donors (Lipinski definition) is 1. The average molecular weight is 484 g/mol. The number of nitrogens with one attached hydrogen (secondary N) is 1. The predicted octanol–water partition coefficient (Wildman–Crippen LogP) is 5.45. The van der Waals surface area contributed by atoms with E-state index in [0.717, 1.165) is 52.2 Å². The van der Waals surface area contributed by atoms with Crippen molar-refractivity contribution in [1.82, 2.24) is 0 Å². The van der Waals surface area contributed by atoms with E-state index < -0.39 is 0 Å². The highest BCUT2D eigenvalue weighted by molar-refractivity contribution is 9.11. The zero-order valence-corrected chi connectivity index (χ0v) is 18.3. The van der Waals surface area contributed by atoms with Crippen molar-refractivity contribution >= 4 is 43.2 Å². The van der Waals surface area contributed by atoms with Crippen LogP contribution in [0.5, 0.6) is 5.75 Å². The van der Waals surface area contributed by atoms with Crippen LogP contribution in [0, 0.1) is 0 Å². The molecule has 1 aliphatic heterocycles. The third-order valence-electron chi connectivity index (χ3n) is 4.17. The molecule has 3 rings (SSSR count). The maximum absolute atomic E-state index is 5.99. The number of anilines is 2. The van der Waals surface area contributed by atoms with Crippen molar-refractivity contribution in [2.24, 2.45) is 0 Å². The maximum atomic E-state index is 5.99. The molecule has 0 atom stereocenters. The molecule has 2 aromatic carbocycles. The molecule has 0 unspecified atom stereocenters. The van der Waals surface area contributed by atoms with Gasteiger partial charge in [-0.3, -0.25) is 0 Å². The Morgan fingerprint density at radius 2 is 1.81 bits per heavy atom. The van der Waals surface area contributed by atoms with Crippen LogP contribution in [0.4, 0.5) is 11.4 Å². The third kappa shape index (κ3) is 5.15. The van der Waals surface area contributed by atoms with E-state index in [0.29, 0.717) is 6.54 Å². The maximum Gasteiger partial charge on any atom is 0.138 e. The summed E-state index contributed by atoms with van der Waals surface area (Å²) in [5.41, 5.74) is 3.44. The molecule has 140 valence electrons. The Bertz CT molecular complexity index is 729. The van der Waals surface area contributed by atoms with Gasteiger partial charge in [0, 0.05) is 41.0 Å². The topological polar surface area (TPSA) is 33.7 Å². The molecule has 26 heavy (non-hydrogen) atoms. The van der Waals surface area contributed by atoms with E-state index in [-0.39, 0.29) is 6.10 Å². The molecule has 1 heterocycles. The molecule has 0 amide bonds. The van der Waals surface area contributed by atoms with Crippen molar-refractivity contribution in [3.8, 4) is 5.75 Å². The fourth-order valence-corrected chi connectivity index (χ4v) is 4.33. The normalized spacial score (nSPS) is 14.6. The molecule has 0 radical (unpaired) electrons. The second-order valence-electron chi connectivity index (χ2n) is 6.54. The smallest absolute Gasteiger partial charge is 0.138 e. The first-order valence-corrected chi connectivity index (χ1v) is 10.4. The molecule has 0 saturated carbocycles. The summed E-state index contributed by atoms with van der Waals surface area (Å²) in [6.07, 6.45) is 0.124. The molecule has 0 aromatic heterocycles. The van der Waals surface area contributed by atoms with Crippen LogP contribution in [0.25, 0.3) is 0 Å². The fourth-order valence-electron chi connectivity index (χ4n) is 2.92. The number of rotatable bonds is 6. The minimum atomic E-state index is 0.124. The summed E-state index contributed by atoms with van der Waals surface area (Å²) in [7, 11) is 0. The summed E-state index contributed by atoms with van der Waals surface area (Å²) < 4.78 is 13.4. The molecule has 0 spiro atoms. The number of morpholine rings is 1. The van der Waals surface area contributed by atoms with Crippen LogP contribution >= 0.6 is 31.9 Å². The van der Waals surface area contributed by atoms with E-state index in [9.17, 15) is 0 Å². The van der Waals surface area contributed by atoms with E-state index in [1.54, 1.807) is 0 Å². The van der Waals surface area contributed by atoms with Crippen LogP contribution in [-0.4, -0.2) is 32.4 Å². The summed E-state index contributed by atoms with van der Waals surface area (Å²) in [6, 6.07) is 12.7. The lowest BCUT2D eigenvalue weighted by atomic mass is 10.2. The van der Waals surface area contributed by atoms with Crippen LogP contribution in [0.15, 0.2) is 45.3 Å². The molecule has 1 N–H and O–H groups in total. The quantitative estimate of drug-likeness (QED) is 0.592. The zero-order valence-electron chi connectivity index (χ0n) is 15.1. The highest BCUT2D eigenvalue weighted by Gasteiger charge is 2.13. The summed E-state index contributed by atoms with van der Waals surface area (Å²) >= 11 is 7.17. The lowest BCUT2D eigenvalue weighted by molar-refractivity contribution is 0.122. The van der Waals surface area contributed by atoms with E-state index in [4.69, 9.17) is 9.47 Å². The van der Waals surface area contributed by atoms with Crippen LogP contribution in [0.3, 0.4) is 0 Å². The monoisotopic (exact) mass is 482 g/mol. The Kier molecular flexibility index (Phi) is 6.84. The molecule has 4 nitrogen and oxygen atoms in total. The van der Waals surface area contributed by atoms with Gasteiger partial charge in [0.2, 0.25) is 0 Å². The van der Waals surface area contributed by atoms with Crippen molar-refractivity contribution in [1.29, 1.82) is 0 Å². The molecule has 1 aliphatic rings. The molecular formula is C20H24Br2N2O2. The van der Waals surface area contributed by atoms with Crippen LogP contribution in [-0.2, 0) is 11.3 Å². The van der Waals surface area contributed by atoms with Gasteiger partial charge < -0.3 is 19.7 Å². The summed E-state index contributed by atoms with van der Waals surface area (Å²) in [5.74, 6) is 0.889. The second kappa shape index (κ2) is 9.11. The summed E-state index contributed by atoms with van der Waals surface area (Å²) in [6.45, 7) is 8.28. The number of nitrogens with zero attached hydrogens (tertiary/aromatic N) is 1. The average Bonchev–Trinajstić information content (AvgIpc) is 2.63. The van der Waals surface area contributed by atoms with Crippen LogP contribution in [0.1, 0.15) is 19.4 Å². The van der Waals surface area contributed by atoms with Gasteiger partial charge in [0.15, 0.2) is 0 Å². The van der Waals surface area contributed by atoms with E-state index >= 15 is 0 Å². The van der Waals surface area contributed by atoms with Gasteiger partial charge >= 0.3 is 0 Å². The summed E-state index contributed by atoms with van der Waals surface area (Å²) in [4.78, 5) is 2.35. The van der Waals surface area contributed by atoms with Gasteiger partial charge in [0.25, 0.3) is 0 Å². The molecule has 0 aliphatic carbocycles. The van der Waals surface area contributed by atoms with Gasteiger partial charge in [-0.1, -0.05) is 15.9 Å². The van der Waals surface area contributed by atoms with Crippen molar-refractivity contribution in [3.63, 3.8) is 0 Å². The Morgan fingerprint density at radius 1 is 1.12 bits per heavy atom. The largest absolute Gasteiger partial charge is 0.489 e. The van der Waals surface area contributed by atoms with Crippen molar-refractivity contribution < 1.29 is 9.47 Å². The minimum absolute atomic E-state index is 0.124. The molecule has 1 saturated heterocycles. The Hall–Kier alpha value is -1.24. The SMILES string of the molecule is CC(C)Oc1c(Br)cc(Br)cc1CNc1ccc(N2CCOCC2)cc1. The van der Waals surface area contributed by atoms with Gasteiger partial charge in [0.1, 0.15) is 5.75 Å². The number of halogens is 2. The fraction of sp³-hybridized carbons (Fsp3) is 0.400. The Morgan fingerprint density at radius 3 is 2.46 bits per heavy atom. The first kappa shape index (κ1) is 19.5. The van der Waals surface area contributed by atoms with Crippen molar-refractivity contribution in [2.75, 3.05) is 36.5 Å². The van der Waals surface area contributed by atoms with E-state index in [1.807, 2.05) is 19.9 Å². The van der Waals surface area contributed by atoms with Gasteiger partial charge in [-0.15, -0.1) is 0 Å². The van der Waals surface area contributed by atoms with Gasteiger partial charge in [0.05, 0.1) is 23.8 Å². The first-order valence-electron chi connectivity index (χ1n) is 8.84. The predicted molar refractivity (Wildman–Crippen MR) is 114 cm³/mol. The standard InChI is InChI=1S/C20H24Br2N2O2/c1-14(2)26-20-15(11-16(21)12-19(20)22)13-23-17-3-5-18(6-4-17)24-7-9-25-10-8-24/h3-6,11-12,14,23H,7-10,13H2,1-2H3. The molecule has 1 fully saturated rings. The van der Waals surface area contributed by atoms with Crippen molar-refractivity contribution in [2.45, 2.75) is 26.5 Å². The number of hydrogen-bond acceptors (Lipinski definition) is 4. The Labute approximate surface area is 172 Å². The van der Waals surface area contributed by atoms with Gasteiger partial charge in [-0.05, 0) is 66.2 Å². The van der Waals surface area contributed by atoms with Crippen LogP contribution in [0.2, 0.25) is 0 Å². The molecular weight excluding hydrogens is 460 g/mol. The van der Waals surface area contributed by atoms with Gasteiger partial charge in [-0.2, -0.15) is 0 Å². The zero-order chi connectivity index (χ0) is 18.5. The molecule has 2 aromatic rings. The van der Waals surface area contributed by atoms with E-state index in [2.05, 4.69) is 72.4 Å². The lowest BCUT2D eigenvalue weighted by Crippen LogP contribution is -2.36. The van der Waals surface area contributed by atoms with Gasteiger partial charge in [-0.25, -0.2) is 0 Å². The molecule has 6 heteroatoms. The van der Waals surface area contributed by atoms with Crippen LogP contribution < -0.4 is 15.0 Å². The first-order chi connectivity index (χ1) is 12.5. The number of benzene rings is 2. The molecule has 0 bridgehead atoms. The van der Waals surface area contributed by atoms with E-state index in [1.165, 1.54) is 5.69 Å². The number of ether oxygens (including phenoxy) is 2. The highest BCUT2D eigenvalue weighted by atomic mass is 79.9. The summed E-state index contributed by atoms with van der Waals surface area (Å²) in [5, 5.41) is 3.49. The van der Waals surface area contributed by atoms with Crippen molar-refractivity contribution in [3.05, 3.63) is 50.9 Å². The highest BCUT2D eigenvalue weighted by Crippen LogP contribution is 2.34. The Balaban J connectivity index is 1.68. The second-order valence-corrected chi connectivity index (χ2v) is 8.31.